The van der Waals surface area contributed by atoms with E-state index in [1.165, 1.54) is 24.3 Å². The molecule has 2 atom stereocenters. The van der Waals surface area contributed by atoms with Crippen LogP contribution in [0.5, 0.6) is 46.0 Å². The summed E-state index contributed by atoms with van der Waals surface area (Å²) in [5.74, 6) is -4.18. The number of aliphatic hydroxyl groups excluding tert-OH is 2. The number of imide groups is 2. The predicted molar refractivity (Wildman–Crippen MR) is 355 cm³/mol. The number of nitrogens with one attached hydrogen (secondary N) is 2. The summed E-state index contributed by atoms with van der Waals surface area (Å²) < 4.78 is 28.7. The molecule has 6 amide bonds. The zero-order chi connectivity index (χ0) is 64.9. The van der Waals surface area contributed by atoms with Crippen molar-refractivity contribution < 1.29 is 57.9 Å². The number of aryl methyl sites for hydroxylation is 8. The average molecular weight is 1270 g/mol. The van der Waals surface area contributed by atoms with E-state index in [1.54, 1.807) is 48.5 Å². The second-order valence-electron chi connectivity index (χ2n) is 23.7. The van der Waals surface area contributed by atoms with Crippen molar-refractivity contribution in [3.8, 4) is 46.0 Å². The van der Waals surface area contributed by atoms with Gasteiger partial charge in [0.2, 0.25) is 11.8 Å². The van der Waals surface area contributed by atoms with Gasteiger partial charge in [-0.25, -0.2) is 0 Å². The molecule has 16 nitrogen and oxygen atoms in total. The maximum atomic E-state index is 15.9. The van der Waals surface area contributed by atoms with E-state index in [2.05, 4.69) is 10.6 Å². The lowest BCUT2D eigenvalue weighted by molar-refractivity contribution is -0.121. The molecule has 92 heavy (non-hydrogen) atoms. The number of hydrogen-bond acceptors (Lipinski definition) is 12. The highest BCUT2D eigenvalue weighted by Gasteiger charge is 2.46. The molecule has 0 aromatic heterocycles. The number of rotatable bonds is 16. The molecule has 13 rings (SSSR count). The maximum absolute atomic E-state index is 15.9. The smallest absolute Gasteiger partial charge is 0.262 e. The number of ether oxygens (including phenoxy) is 4. The van der Waals surface area contributed by atoms with Crippen molar-refractivity contribution >= 4 is 113 Å². The first-order chi connectivity index (χ1) is 44.0. The van der Waals surface area contributed by atoms with Crippen molar-refractivity contribution in [2.75, 3.05) is 23.8 Å². The largest absolute Gasteiger partial charge is 0.457 e. The number of nitrogens with zero attached hydrogens (tertiary/aromatic N) is 2. The van der Waals surface area contributed by atoms with E-state index in [1.807, 2.05) is 128 Å². The summed E-state index contributed by atoms with van der Waals surface area (Å²) >= 11 is 12.4. The minimum absolute atomic E-state index is 0.0183. The number of hydrogen-bond donors (Lipinski definition) is 4. The molecular formula is C74H58Cl2N4O12. The standard InChI is InChI=1S/C74H58Cl2N4O12/c1-35-17-36(2)22-47(21-35)89-57-29-51-61-52(72(86)79(71(51)85)55(33-81)69(83)77-45-13-9-43(75)10-14-45)31-59(91-49-25-39(5)19-40(6)26-49)65-66-60(92-50-27-41(7)20-42(8)28-50)32-54-62-53(73(87)80(74(54)88)56(34-82)70(84)78-46-15-11-44(76)12-16-46)30-58(64(68(62)66)63(57)67(61)65)90-48-23-37(3)18-38(4)24-48/h9-32,55-56,81-82H,33-34H2,1-8H3,(H,77,83)(H,78,84). The van der Waals surface area contributed by atoms with Crippen LogP contribution in [0.2, 0.25) is 10.0 Å². The highest BCUT2D eigenvalue weighted by molar-refractivity contribution is 6.45. The van der Waals surface area contributed by atoms with Gasteiger partial charge < -0.3 is 39.8 Å². The lowest BCUT2D eigenvalue weighted by atomic mass is 9.80. The van der Waals surface area contributed by atoms with Crippen LogP contribution in [0.1, 0.15) is 85.9 Å². The Morgan fingerprint density at radius 2 is 0.587 bits per heavy atom. The van der Waals surface area contributed by atoms with Gasteiger partial charge in [-0.15, -0.1) is 0 Å². The fraction of sp³-hybridized carbons (Fsp3) is 0.162. The molecule has 4 N–H and O–H groups in total. The molecule has 460 valence electrons. The van der Waals surface area contributed by atoms with Gasteiger partial charge in [-0.1, -0.05) is 47.5 Å². The third kappa shape index (κ3) is 10.8. The number of carbonyl (C=O) groups excluding carboxylic acids is 6. The van der Waals surface area contributed by atoms with E-state index in [4.69, 9.17) is 42.1 Å². The van der Waals surface area contributed by atoms with Crippen molar-refractivity contribution in [3.63, 3.8) is 0 Å². The number of carbonyl (C=O) groups is 6. The van der Waals surface area contributed by atoms with Crippen molar-refractivity contribution in [2.24, 2.45) is 0 Å². The van der Waals surface area contributed by atoms with Gasteiger partial charge in [0, 0.05) is 64.5 Å². The van der Waals surface area contributed by atoms with Crippen LogP contribution in [0.15, 0.2) is 146 Å². The van der Waals surface area contributed by atoms with Crippen LogP contribution < -0.4 is 29.6 Å². The Balaban J connectivity index is 1.20. The zero-order valence-corrected chi connectivity index (χ0v) is 52.6. The number of halogens is 2. The van der Waals surface area contributed by atoms with Crippen molar-refractivity contribution in [1.82, 2.24) is 9.80 Å². The van der Waals surface area contributed by atoms with Crippen LogP contribution in [0.4, 0.5) is 11.4 Å². The normalized spacial score (nSPS) is 13.6. The number of fused-ring (bicyclic) bond motifs is 2. The van der Waals surface area contributed by atoms with Gasteiger partial charge in [0.25, 0.3) is 23.6 Å². The van der Waals surface area contributed by atoms with Gasteiger partial charge in [0.15, 0.2) is 0 Å². The summed E-state index contributed by atoms with van der Waals surface area (Å²) in [6, 6.07) is 37.1. The fourth-order valence-electron chi connectivity index (χ4n) is 13.0. The van der Waals surface area contributed by atoms with E-state index >= 15 is 19.2 Å². The van der Waals surface area contributed by atoms with Gasteiger partial charge in [0.05, 0.1) is 35.5 Å². The molecule has 0 saturated carbocycles. The van der Waals surface area contributed by atoms with Crippen LogP contribution in [-0.4, -0.2) is 80.8 Å². The van der Waals surface area contributed by atoms with Crippen LogP contribution in [-0.2, 0) is 9.59 Å². The second kappa shape index (κ2) is 23.5. The van der Waals surface area contributed by atoms with Gasteiger partial charge in [-0.05, 0) is 221 Å². The Bertz CT molecular complexity index is 4380. The van der Waals surface area contributed by atoms with Crippen LogP contribution >= 0.6 is 23.2 Å². The molecule has 0 bridgehead atoms. The first-order valence-electron chi connectivity index (χ1n) is 29.6. The topological polar surface area (TPSA) is 210 Å². The molecule has 0 spiro atoms. The molecule has 18 heteroatoms. The molecule has 0 aliphatic carbocycles. The van der Waals surface area contributed by atoms with E-state index in [9.17, 15) is 19.8 Å². The summed E-state index contributed by atoms with van der Waals surface area (Å²) in [6.07, 6.45) is 0. The SMILES string of the molecule is Cc1cc(C)cc(Oc2cc3c4c(cc(Oc5cc(C)cc(C)c5)c5c6c(Oc7cc(C)cc(C)c7)cc7c8c(cc(Oc9cc(C)cc(C)c9)c(c2c45)c86)C(=O)N(C(CO)C(=O)Nc2ccc(Cl)cc2)C7=O)C(=O)N(C(CO)C(=O)Nc2ccc(Cl)cc2)C3=O)c1. The molecule has 0 fully saturated rings. The fourth-order valence-corrected chi connectivity index (χ4v) is 13.2. The van der Waals surface area contributed by atoms with Crippen LogP contribution in [0, 0.1) is 55.4 Å². The summed E-state index contributed by atoms with van der Waals surface area (Å²) in [7, 11) is 0. The third-order valence-electron chi connectivity index (χ3n) is 16.5. The van der Waals surface area contributed by atoms with E-state index in [0.29, 0.717) is 33.0 Å². The second-order valence-corrected chi connectivity index (χ2v) is 24.6. The average Bonchev–Trinajstić information content (AvgIpc) is 0.673. The molecule has 2 aliphatic heterocycles. The Labute approximate surface area is 537 Å². The monoisotopic (exact) mass is 1260 g/mol. The van der Waals surface area contributed by atoms with Gasteiger partial charge in [-0.3, -0.25) is 38.6 Å². The minimum atomic E-state index is -1.79. The number of aliphatic hydroxyl groups is 2. The Morgan fingerprint density at radius 1 is 0.359 bits per heavy atom. The Kier molecular flexibility index (Phi) is 15.4. The molecule has 0 saturated heterocycles. The highest BCUT2D eigenvalue weighted by atomic mass is 35.5. The number of amides is 6. The summed E-state index contributed by atoms with van der Waals surface area (Å²) in [5.41, 5.74) is 6.75. The van der Waals surface area contributed by atoms with Crippen LogP contribution in [0.25, 0.3) is 43.1 Å². The molecule has 0 radical (unpaired) electrons. The lowest BCUT2D eigenvalue weighted by Crippen LogP contribution is -2.54. The third-order valence-corrected chi connectivity index (χ3v) is 17.0. The summed E-state index contributed by atoms with van der Waals surface area (Å²) in [5, 5.41) is 30.2. The Morgan fingerprint density at radius 3 is 0.804 bits per heavy atom. The first kappa shape index (κ1) is 60.5. The maximum Gasteiger partial charge on any atom is 0.262 e. The summed E-state index contributed by atoms with van der Waals surface area (Å²) in [6.45, 7) is 13.2. The molecule has 2 aliphatic rings. The molecule has 2 heterocycles. The molecular weight excluding hydrogens is 1210 g/mol. The molecule has 11 aromatic carbocycles. The van der Waals surface area contributed by atoms with Gasteiger partial charge in [0.1, 0.15) is 58.1 Å². The first-order valence-corrected chi connectivity index (χ1v) is 30.3. The van der Waals surface area contributed by atoms with Crippen molar-refractivity contribution in [2.45, 2.75) is 67.5 Å². The van der Waals surface area contributed by atoms with Gasteiger partial charge in [-0.2, -0.15) is 0 Å². The minimum Gasteiger partial charge on any atom is -0.457 e. The lowest BCUT2D eigenvalue weighted by Gasteiger charge is -2.35. The summed E-state index contributed by atoms with van der Waals surface area (Å²) in [4.78, 5) is 94.0. The van der Waals surface area contributed by atoms with E-state index < -0.39 is 60.7 Å². The molecule has 2 unspecified atom stereocenters. The Hall–Kier alpha value is -10.4. The van der Waals surface area contributed by atoms with E-state index in [0.717, 1.165) is 54.3 Å². The van der Waals surface area contributed by atoms with E-state index in [-0.39, 0.29) is 99.7 Å². The number of benzene rings is 11. The number of anilines is 2. The van der Waals surface area contributed by atoms with Gasteiger partial charge >= 0.3 is 0 Å². The zero-order valence-electron chi connectivity index (χ0n) is 51.1. The van der Waals surface area contributed by atoms with Crippen molar-refractivity contribution in [3.05, 3.63) is 222 Å². The van der Waals surface area contributed by atoms with Crippen LogP contribution in [0.3, 0.4) is 0 Å². The quantitative estimate of drug-likeness (QED) is 0.0404. The van der Waals surface area contributed by atoms with Crippen molar-refractivity contribution in [1.29, 1.82) is 0 Å². The molecule has 11 aromatic rings. The predicted octanol–water partition coefficient (Wildman–Crippen LogP) is 15.9. The highest BCUT2D eigenvalue weighted by Crippen LogP contribution is 2.58.